The summed E-state index contributed by atoms with van der Waals surface area (Å²) < 4.78 is 1.10. The molecule has 2 heterocycles. The van der Waals surface area contributed by atoms with Gasteiger partial charge in [-0.2, -0.15) is 0 Å². The average molecular weight is 283 g/mol. The molecule has 2 aromatic rings. The van der Waals surface area contributed by atoms with Gasteiger partial charge in [0, 0.05) is 27.7 Å². The van der Waals surface area contributed by atoms with Gasteiger partial charge in [0.15, 0.2) is 0 Å². The number of pyridine rings is 1. The van der Waals surface area contributed by atoms with Crippen molar-refractivity contribution in [2.24, 2.45) is 0 Å². The van der Waals surface area contributed by atoms with E-state index in [2.05, 4.69) is 37.5 Å². The lowest BCUT2D eigenvalue weighted by atomic mass is 10.2. The normalized spacial score (nSPS) is 9.92. The Hall–Kier alpha value is -1.04. The first-order chi connectivity index (χ1) is 6.38. The molecule has 4 heteroatoms. The lowest BCUT2D eigenvalue weighted by molar-refractivity contribution is 1.16. The molecule has 0 spiro atoms. The summed E-state index contributed by atoms with van der Waals surface area (Å²) >= 11 is 2.24. The molecule has 0 unspecified atom stereocenters. The van der Waals surface area contributed by atoms with Crippen LogP contribution in [0, 0.1) is 3.57 Å². The van der Waals surface area contributed by atoms with Gasteiger partial charge in [-0.05, 0) is 34.7 Å². The number of aromatic nitrogens is 3. The van der Waals surface area contributed by atoms with Gasteiger partial charge in [-0.1, -0.05) is 0 Å². The molecule has 0 amide bonds. The molecule has 0 N–H and O–H groups in total. The summed E-state index contributed by atoms with van der Waals surface area (Å²) in [6.45, 7) is 0. The van der Waals surface area contributed by atoms with Crippen LogP contribution in [0.4, 0.5) is 0 Å². The highest BCUT2D eigenvalue weighted by molar-refractivity contribution is 14.1. The van der Waals surface area contributed by atoms with Crippen LogP contribution in [0.3, 0.4) is 0 Å². The maximum atomic E-state index is 4.17. The third-order valence-corrected chi connectivity index (χ3v) is 2.49. The van der Waals surface area contributed by atoms with E-state index in [9.17, 15) is 0 Å². The van der Waals surface area contributed by atoms with Crippen molar-refractivity contribution in [3.63, 3.8) is 0 Å². The van der Waals surface area contributed by atoms with Gasteiger partial charge >= 0.3 is 0 Å². The van der Waals surface area contributed by atoms with Gasteiger partial charge < -0.3 is 0 Å². The minimum Gasteiger partial charge on any atom is -0.264 e. The van der Waals surface area contributed by atoms with E-state index in [4.69, 9.17) is 0 Å². The van der Waals surface area contributed by atoms with Crippen LogP contribution >= 0.6 is 22.6 Å². The molecule has 0 saturated heterocycles. The van der Waals surface area contributed by atoms with Crippen LogP contribution in [0.25, 0.3) is 11.3 Å². The second-order valence-electron chi connectivity index (χ2n) is 2.45. The molecule has 64 valence electrons. The van der Waals surface area contributed by atoms with Crippen LogP contribution in [0.1, 0.15) is 0 Å². The van der Waals surface area contributed by atoms with Crippen LogP contribution in [0.15, 0.2) is 37.1 Å². The first kappa shape index (κ1) is 8.55. The smallest absolute Gasteiger partial charge is 0.116 e. The van der Waals surface area contributed by atoms with E-state index in [1.54, 1.807) is 18.7 Å². The molecule has 3 nitrogen and oxygen atoms in total. The fraction of sp³-hybridized carbons (Fsp3) is 0. The molecule has 0 radical (unpaired) electrons. The van der Waals surface area contributed by atoms with Gasteiger partial charge in [0.25, 0.3) is 0 Å². The third kappa shape index (κ3) is 1.82. The van der Waals surface area contributed by atoms with E-state index in [1.165, 1.54) is 0 Å². The lowest BCUT2D eigenvalue weighted by Crippen LogP contribution is -1.87. The largest absolute Gasteiger partial charge is 0.264 e. The zero-order valence-electron chi connectivity index (χ0n) is 6.68. The minimum absolute atomic E-state index is 0.932. The van der Waals surface area contributed by atoms with E-state index in [-0.39, 0.29) is 0 Å². The Balaban J connectivity index is 2.54. The maximum absolute atomic E-state index is 4.17. The van der Waals surface area contributed by atoms with Crippen LogP contribution in [0.2, 0.25) is 0 Å². The standard InChI is InChI=1S/C9H6IN3/c10-8-5-11-3-1-7(8)9-2-4-12-6-13-9/h1-6H. The Morgan fingerprint density at radius 3 is 2.62 bits per heavy atom. The molecule has 0 fully saturated rings. The molecule has 2 aromatic heterocycles. The van der Waals surface area contributed by atoms with Gasteiger partial charge in [0.05, 0.1) is 5.69 Å². The van der Waals surface area contributed by atoms with E-state index in [0.717, 1.165) is 14.8 Å². The summed E-state index contributed by atoms with van der Waals surface area (Å²) in [4.78, 5) is 12.1. The van der Waals surface area contributed by atoms with Crippen LogP contribution in [-0.4, -0.2) is 15.0 Å². The zero-order valence-corrected chi connectivity index (χ0v) is 8.84. The SMILES string of the molecule is Ic1cnccc1-c1ccncn1. The molecule has 0 aromatic carbocycles. The molecule has 0 aliphatic carbocycles. The summed E-state index contributed by atoms with van der Waals surface area (Å²) in [6, 6.07) is 3.83. The molecule has 0 aliphatic rings. The summed E-state index contributed by atoms with van der Waals surface area (Å²) in [5.41, 5.74) is 2.03. The molecular formula is C9H6IN3. The second kappa shape index (κ2) is 3.78. The fourth-order valence-corrected chi connectivity index (χ4v) is 1.65. The molecule has 0 saturated carbocycles. The minimum atomic E-state index is 0.932. The predicted octanol–water partition coefficient (Wildman–Crippen LogP) is 2.14. The van der Waals surface area contributed by atoms with E-state index in [0.29, 0.717) is 0 Å². The third-order valence-electron chi connectivity index (χ3n) is 1.63. The van der Waals surface area contributed by atoms with Crippen molar-refractivity contribution in [2.45, 2.75) is 0 Å². The van der Waals surface area contributed by atoms with Gasteiger partial charge in [0.1, 0.15) is 6.33 Å². The average Bonchev–Trinajstić information content (AvgIpc) is 2.20. The van der Waals surface area contributed by atoms with Crippen LogP contribution in [-0.2, 0) is 0 Å². The van der Waals surface area contributed by atoms with Crippen molar-refractivity contribution >= 4 is 22.6 Å². The first-order valence-corrected chi connectivity index (χ1v) is 4.82. The number of halogens is 1. The number of hydrogen-bond acceptors (Lipinski definition) is 3. The Morgan fingerprint density at radius 1 is 1.08 bits per heavy atom. The Labute approximate surface area is 89.4 Å². The molecule has 0 bridgehead atoms. The predicted molar refractivity (Wildman–Crippen MR) is 58.0 cm³/mol. The Bertz CT molecular complexity index is 403. The van der Waals surface area contributed by atoms with Crippen LogP contribution in [0.5, 0.6) is 0 Å². The molecule has 13 heavy (non-hydrogen) atoms. The first-order valence-electron chi connectivity index (χ1n) is 3.74. The van der Waals surface area contributed by atoms with Gasteiger partial charge in [-0.15, -0.1) is 0 Å². The van der Waals surface area contributed by atoms with Crippen molar-refractivity contribution in [3.8, 4) is 11.3 Å². The number of hydrogen-bond donors (Lipinski definition) is 0. The monoisotopic (exact) mass is 283 g/mol. The Kier molecular flexibility index (Phi) is 2.49. The van der Waals surface area contributed by atoms with E-state index in [1.807, 2.05) is 18.3 Å². The van der Waals surface area contributed by atoms with Crippen molar-refractivity contribution in [1.82, 2.24) is 15.0 Å². The van der Waals surface area contributed by atoms with Crippen molar-refractivity contribution in [1.29, 1.82) is 0 Å². The van der Waals surface area contributed by atoms with Crippen molar-refractivity contribution in [2.75, 3.05) is 0 Å². The van der Waals surface area contributed by atoms with E-state index >= 15 is 0 Å². The van der Waals surface area contributed by atoms with Crippen molar-refractivity contribution < 1.29 is 0 Å². The highest BCUT2D eigenvalue weighted by atomic mass is 127. The molecule has 0 atom stereocenters. The Morgan fingerprint density at radius 2 is 1.92 bits per heavy atom. The van der Waals surface area contributed by atoms with Gasteiger partial charge in [-0.3, -0.25) is 4.98 Å². The van der Waals surface area contributed by atoms with Crippen molar-refractivity contribution in [3.05, 3.63) is 40.6 Å². The van der Waals surface area contributed by atoms with Gasteiger partial charge in [0.2, 0.25) is 0 Å². The molecule has 0 aliphatic heterocycles. The lowest BCUT2D eigenvalue weighted by Gasteiger charge is -2.00. The number of nitrogens with zero attached hydrogens (tertiary/aromatic N) is 3. The molecule has 2 rings (SSSR count). The van der Waals surface area contributed by atoms with Crippen LogP contribution < -0.4 is 0 Å². The zero-order chi connectivity index (χ0) is 9.10. The fourth-order valence-electron chi connectivity index (χ4n) is 1.03. The number of rotatable bonds is 1. The maximum Gasteiger partial charge on any atom is 0.116 e. The van der Waals surface area contributed by atoms with E-state index < -0.39 is 0 Å². The highest BCUT2D eigenvalue weighted by Crippen LogP contribution is 2.20. The molecular weight excluding hydrogens is 277 g/mol. The second-order valence-corrected chi connectivity index (χ2v) is 3.61. The topological polar surface area (TPSA) is 38.7 Å². The quantitative estimate of drug-likeness (QED) is 0.753. The summed E-state index contributed by atoms with van der Waals surface area (Å²) in [5.74, 6) is 0. The summed E-state index contributed by atoms with van der Waals surface area (Å²) in [7, 11) is 0. The summed E-state index contributed by atoms with van der Waals surface area (Å²) in [5, 5.41) is 0. The van der Waals surface area contributed by atoms with Gasteiger partial charge in [-0.25, -0.2) is 9.97 Å². The highest BCUT2D eigenvalue weighted by Gasteiger charge is 2.01. The summed E-state index contributed by atoms with van der Waals surface area (Å²) in [6.07, 6.45) is 6.86.